The topological polar surface area (TPSA) is 39.8 Å². The minimum Gasteiger partial charge on any atom is -0.316 e. The predicted molar refractivity (Wildman–Crippen MR) is 171 cm³/mol. The van der Waals surface area contributed by atoms with Crippen LogP contribution in [0.5, 0.6) is 0 Å². The molecule has 0 aliphatic heterocycles. The second-order valence-electron chi connectivity index (χ2n) is 10.9. The average Bonchev–Trinajstić information content (AvgIpc) is 3.40. The normalized spacial score (nSPS) is 11.8. The van der Waals surface area contributed by atoms with Gasteiger partial charge in [0.1, 0.15) is 5.54 Å². The lowest BCUT2D eigenvalue weighted by molar-refractivity contribution is 0.502. The zero-order chi connectivity index (χ0) is 28.7. The number of aromatic nitrogens is 3. The third-order valence-corrected chi connectivity index (χ3v) is 8.56. The van der Waals surface area contributed by atoms with Crippen LogP contribution in [-0.4, -0.2) is 14.1 Å². The van der Waals surface area contributed by atoms with Crippen molar-refractivity contribution in [2.75, 3.05) is 0 Å². The maximum atomic E-state index is 14.0. The van der Waals surface area contributed by atoms with Crippen molar-refractivity contribution >= 4 is 21.5 Å². The van der Waals surface area contributed by atoms with E-state index in [9.17, 15) is 4.79 Å². The lowest BCUT2D eigenvalue weighted by Crippen LogP contribution is -2.38. The van der Waals surface area contributed by atoms with Crippen LogP contribution in [-0.2, 0) is 12.1 Å². The van der Waals surface area contributed by atoms with Gasteiger partial charge in [-0.05, 0) is 58.3 Å². The number of fused-ring (bicyclic) bond motifs is 3. The van der Waals surface area contributed by atoms with Gasteiger partial charge in [0.2, 0.25) is 0 Å². The summed E-state index contributed by atoms with van der Waals surface area (Å²) < 4.78 is 4.07. The second-order valence-corrected chi connectivity index (χ2v) is 10.9. The number of benzene rings is 5. The molecule has 7 aromatic rings. The minimum atomic E-state index is -0.652. The van der Waals surface area contributed by atoms with Gasteiger partial charge in [-0.3, -0.25) is 4.79 Å². The summed E-state index contributed by atoms with van der Waals surface area (Å²) >= 11 is 0. The Morgan fingerprint density at radius 1 is 0.667 bits per heavy atom. The minimum absolute atomic E-state index is 0.00166. The smallest absolute Gasteiger partial charge is 0.259 e. The molecule has 0 aliphatic rings. The van der Waals surface area contributed by atoms with Crippen molar-refractivity contribution in [2.24, 2.45) is 0 Å². The highest BCUT2D eigenvalue weighted by Crippen LogP contribution is 2.42. The van der Waals surface area contributed by atoms with Gasteiger partial charge in [0.05, 0.1) is 24.0 Å². The van der Waals surface area contributed by atoms with Crippen molar-refractivity contribution in [3.63, 3.8) is 0 Å². The highest BCUT2D eigenvalue weighted by atomic mass is 16.1. The SMILES string of the molecule is Cc1cc2ccccc2c2c(=O)n(Cc3ncn(C(c4ccccc4)(c4ccccc4)c4ccccc4)c3C)ccc12. The Morgan fingerprint density at radius 2 is 1.21 bits per heavy atom. The molecule has 5 aromatic carbocycles. The first-order valence-corrected chi connectivity index (χ1v) is 14.3. The fourth-order valence-electron chi connectivity index (χ4n) is 6.51. The molecule has 4 nitrogen and oxygen atoms in total. The van der Waals surface area contributed by atoms with Gasteiger partial charge in [-0.15, -0.1) is 0 Å². The molecule has 0 amide bonds. The molecular weight excluding hydrogens is 514 g/mol. The van der Waals surface area contributed by atoms with Crippen molar-refractivity contribution < 1.29 is 0 Å². The summed E-state index contributed by atoms with van der Waals surface area (Å²) in [4.78, 5) is 19.0. The molecule has 0 N–H and O–H groups in total. The number of aryl methyl sites for hydroxylation is 1. The molecule has 0 fully saturated rings. The van der Waals surface area contributed by atoms with Crippen LogP contribution in [0.25, 0.3) is 21.5 Å². The number of hydrogen-bond donors (Lipinski definition) is 0. The summed E-state index contributed by atoms with van der Waals surface area (Å²) in [5.74, 6) is 0. The number of hydrogen-bond acceptors (Lipinski definition) is 2. The van der Waals surface area contributed by atoms with Crippen LogP contribution >= 0.6 is 0 Å². The Hall–Kier alpha value is -5.22. The molecule has 42 heavy (non-hydrogen) atoms. The van der Waals surface area contributed by atoms with Gasteiger partial charge in [0.25, 0.3) is 5.56 Å². The molecule has 2 aromatic heterocycles. The molecule has 204 valence electrons. The van der Waals surface area contributed by atoms with E-state index in [2.05, 4.69) is 109 Å². The molecule has 0 spiro atoms. The number of rotatable bonds is 6. The van der Waals surface area contributed by atoms with Gasteiger partial charge in [-0.1, -0.05) is 121 Å². The van der Waals surface area contributed by atoms with Gasteiger partial charge in [0.15, 0.2) is 0 Å². The van der Waals surface area contributed by atoms with E-state index in [0.29, 0.717) is 6.54 Å². The largest absolute Gasteiger partial charge is 0.316 e. The van der Waals surface area contributed by atoms with Crippen LogP contribution in [0.4, 0.5) is 0 Å². The third kappa shape index (κ3) is 3.99. The maximum Gasteiger partial charge on any atom is 0.259 e. The highest BCUT2D eigenvalue weighted by Gasteiger charge is 2.39. The molecular formula is C38H31N3O. The van der Waals surface area contributed by atoms with Gasteiger partial charge < -0.3 is 9.13 Å². The Labute approximate surface area is 245 Å². The highest BCUT2D eigenvalue weighted by molar-refractivity contribution is 6.08. The Kier molecular flexibility index (Phi) is 6.32. The van der Waals surface area contributed by atoms with Crippen LogP contribution in [0.3, 0.4) is 0 Å². The molecule has 7 rings (SSSR count). The Balaban J connectivity index is 1.43. The van der Waals surface area contributed by atoms with Crippen molar-refractivity contribution in [3.05, 3.63) is 184 Å². The summed E-state index contributed by atoms with van der Waals surface area (Å²) in [7, 11) is 0. The summed E-state index contributed by atoms with van der Waals surface area (Å²) in [6.45, 7) is 4.56. The quantitative estimate of drug-likeness (QED) is 0.158. The second kappa shape index (κ2) is 10.3. The van der Waals surface area contributed by atoms with E-state index in [-0.39, 0.29) is 5.56 Å². The molecule has 2 heterocycles. The first-order chi connectivity index (χ1) is 20.6. The molecule has 0 aliphatic carbocycles. The molecule has 0 radical (unpaired) electrons. The fourth-order valence-corrected chi connectivity index (χ4v) is 6.51. The maximum absolute atomic E-state index is 14.0. The van der Waals surface area contributed by atoms with E-state index in [4.69, 9.17) is 4.98 Å². The molecule has 0 bridgehead atoms. The van der Waals surface area contributed by atoms with Gasteiger partial charge in [0, 0.05) is 11.9 Å². The average molecular weight is 546 g/mol. The summed E-state index contributed by atoms with van der Waals surface area (Å²) in [5.41, 5.74) is 5.74. The van der Waals surface area contributed by atoms with Gasteiger partial charge >= 0.3 is 0 Å². The van der Waals surface area contributed by atoms with E-state index in [0.717, 1.165) is 55.2 Å². The standard InChI is InChI=1S/C38H31N3O/c1-27-24-29-14-12-13-21-34(29)36-33(27)22-23-40(37(36)42)25-35-28(2)41(26-39-35)38(30-15-6-3-7-16-30,31-17-8-4-9-18-31)32-19-10-5-11-20-32/h3-24,26H,25H2,1-2H3. The summed E-state index contributed by atoms with van der Waals surface area (Å²) in [6.07, 6.45) is 3.84. The van der Waals surface area contributed by atoms with E-state index < -0.39 is 5.54 Å². The molecule has 0 saturated heterocycles. The summed E-state index contributed by atoms with van der Waals surface area (Å²) in [6, 6.07) is 44.1. The predicted octanol–water partition coefficient (Wildman–Crippen LogP) is 7.86. The molecule has 0 atom stereocenters. The van der Waals surface area contributed by atoms with Crippen molar-refractivity contribution in [2.45, 2.75) is 25.9 Å². The van der Waals surface area contributed by atoms with Gasteiger partial charge in [-0.2, -0.15) is 0 Å². The monoisotopic (exact) mass is 545 g/mol. The summed E-state index contributed by atoms with van der Waals surface area (Å²) in [5, 5.41) is 3.82. The number of nitrogens with zero attached hydrogens (tertiary/aromatic N) is 3. The van der Waals surface area contributed by atoms with Crippen molar-refractivity contribution in [1.29, 1.82) is 0 Å². The third-order valence-electron chi connectivity index (χ3n) is 8.56. The lowest BCUT2D eigenvalue weighted by Gasteiger charge is -2.38. The van der Waals surface area contributed by atoms with Crippen molar-refractivity contribution in [1.82, 2.24) is 14.1 Å². The van der Waals surface area contributed by atoms with Crippen LogP contribution < -0.4 is 5.56 Å². The lowest BCUT2D eigenvalue weighted by atomic mass is 9.76. The number of imidazole rings is 1. The fraction of sp³-hybridized carbons (Fsp3) is 0.105. The molecule has 4 heteroatoms. The zero-order valence-electron chi connectivity index (χ0n) is 23.7. The van der Waals surface area contributed by atoms with Gasteiger partial charge in [-0.25, -0.2) is 4.98 Å². The Bertz CT molecular complexity index is 2000. The van der Waals surface area contributed by atoms with E-state index >= 15 is 0 Å². The first kappa shape index (κ1) is 25.7. The van der Waals surface area contributed by atoms with E-state index in [1.165, 1.54) is 0 Å². The van der Waals surface area contributed by atoms with E-state index in [1.807, 2.05) is 48.9 Å². The van der Waals surface area contributed by atoms with Crippen LogP contribution in [0.15, 0.2) is 145 Å². The first-order valence-electron chi connectivity index (χ1n) is 14.3. The van der Waals surface area contributed by atoms with E-state index in [1.54, 1.807) is 4.57 Å². The van der Waals surface area contributed by atoms with Crippen LogP contribution in [0.1, 0.15) is 33.6 Å². The van der Waals surface area contributed by atoms with Crippen molar-refractivity contribution in [3.8, 4) is 0 Å². The molecule has 0 saturated carbocycles. The Morgan fingerprint density at radius 3 is 1.81 bits per heavy atom. The van der Waals surface area contributed by atoms with Crippen LogP contribution in [0, 0.1) is 13.8 Å². The van der Waals surface area contributed by atoms with Crippen LogP contribution in [0.2, 0.25) is 0 Å². The molecule has 0 unspecified atom stereocenters. The number of pyridine rings is 1. The zero-order valence-corrected chi connectivity index (χ0v) is 23.7.